The Bertz CT molecular complexity index is 7280. The van der Waals surface area contributed by atoms with E-state index in [9.17, 15) is 32.8 Å². The quantitative estimate of drug-likeness (QED) is 0.0504. The molecule has 22 nitrogen and oxygen atoms in total. The SMILES string of the molecule is CCOC(=O)N1CCc2c([nH]c3ccc(Br)cc23)C1c1ccc(C(C)C)cc1.CCOC(=O)N1CCc2c([nH]c3ccc(Br)cc23)C1c1ccc(C)cc1.CCOC(=O)N1CCc2c([nH]c3ccc(Br)cc23)C1c1ccc(OC)cc1.COc1ccc(C2c3[nH]c4ccc(Cl)cc4c3CCN2C(=O)Oc2ccc(Cl)cc2)cc1.O=C(OCCCl)N1CCc2c([nH]c3ccc(Cl)cc23)C1c1cccc(F)c1F. The summed E-state index contributed by atoms with van der Waals surface area (Å²) in [7, 11) is 3.28. The minimum atomic E-state index is -0.993. The summed E-state index contributed by atoms with van der Waals surface area (Å²) < 4.78 is 69.3. The number of ether oxygens (including phenoxy) is 7. The zero-order valence-corrected chi connectivity index (χ0v) is 86.3. The molecule has 5 aliphatic heterocycles. The summed E-state index contributed by atoms with van der Waals surface area (Å²) in [5, 5.41) is 7.46. The number of carbonyl (C=O) groups excluding carboxylic acids is 5. The molecule has 21 rings (SSSR count). The van der Waals surface area contributed by atoms with E-state index in [4.69, 9.17) is 79.6 Å². The van der Waals surface area contributed by atoms with E-state index in [-0.39, 0.29) is 67.0 Å². The molecule has 0 aliphatic carbocycles. The van der Waals surface area contributed by atoms with Crippen LogP contribution in [0.5, 0.6) is 17.2 Å². The fourth-order valence-electron chi connectivity index (χ4n) is 19.6. The van der Waals surface area contributed by atoms with Crippen molar-refractivity contribution >= 4 is 179 Å². The molecule has 0 saturated heterocycles. The summed E-state index contributed by atoms with van der Waals surface area (Å²) in [6.45, 7) is 15.8. The number of hydrogen-bond acceptors (Lipinski definition) is 12. The van der Waals surface area contributed by atoms with Crippen LogP contribution in [-0.2, 0) is 51.1 Å². The topological polar surface area (TPSA) is 245 Å². The molecule has 31 heteroatoms. The van der Waals surface area contributed by atoms with Gasteiger partial charge >= 0.3 is 30.5 Å². The number of aromatic nitrogens is 5. The van der Waals surface area contributed by atoms with Crippen LogP contribution in [0.2, 0.25) is 15.1 Å². The van der Waals surface area contributed by atoms with Crippen molar-refractivity contribution in [3.63, 3.8) is 0 Å². The Hall–Kier alpha value is -12.5. The number of aryl methyl sites for hydroxylation is 1. The molecule has 5 unspecified atom stereocenters. The molecule has 16 aromatic rings. The predicted octanol–water partition coefficient (Wildman–Crippen LogP) is 28.6. The van der Waals surface area contributed by atoms with Crippen molar-refractivity contribution in [3.8, 4) is 17.2 Å². The van der Waals surface area contributed by atoms with Crippen LogP contribution in [-0.4, -0.2) is 159 Å². The first kappa shape index (κ1) is 100. The van der Waals surface area contributed by atoms with Gasteiger partial charge in [-0.1, -0.05) is 187 Å². The number of nitrogens with zero attached hydrogens (tertiary/aromatic N) is 5. The van der Waals surface area contributed by atoms with Gasteiger partial charge in [0.25, 0.3) is 0 Å². The van der Waals surface area contributed by atoms with Crippen molar-refractivity contribution in [2.75, 3.05) is 79.3 Å². The van der Waals surface area contributed by atoms with Gasteiger partial charge in [0.2, 0.25) is 0 Å². The van der Waals surface area contributed by atoms with Crippen molar-refractivity contribution < 1.29 is 65.9 Å². The maximum atomic E-state index is 14.7. The average molecular weight is 2180 g/mol. The van der Waals surface area contributed by atoms with E-state index in [0.29, 0.717) is 91.3 Å². The van der Waals surface area contributed by atoms with E-state index in [2.05, 4.69) is 178 Å². The standard InChI is InChI=1S/C25H20Cl2N2O3.C23H25BrN2O2.C21H21BrN2O3.C21H21BrN2O2.C20H16Cl2F2N2O2/c1-31-18-7-2-15(3-8-18)24-23-20(21-14-17(27)6-11-22(21)28-23)12-13-29(24)25(30)32-19-9-4-16(26)5-10-19;1-4-28-23(27)26-12-11-18-19-13-17(24)9-10-20(19)25-21(18)22(26)16-7-5-15(6-8-16)14(2)3;1-3-27-21(25)24-11-10-16-17-12-14(22)6-9-18(17)23-19(16)20(24)13-4-7-15(26-2)8-5-13;1-3-26-21(25)24-11-10-16-17-12-15(22)8-9-18(17)23-19(16)20(24)14-6-4-13(2)5-7-14;21-7-9-28-20(27)26-8-6-12-14-10-11(22)4-5-16(14)25-18(12)19(26)13-2-1-3-15(23)17(13)24/h2-11,14,24,28H,12-13H2,1H3;5-10,13-14,22,25H,4,11-12H2,1-3H3;4-9,12,20,23H,3,10-11H2,1-2H3;4-9,12,20,23H,3,10-11H2,1-2H3;1-5,10,19,25H,6-9H2. The number of nitrogens with one attached hydrogen (secondary N) is 5. The zero-order chi connectivity index (χ0) is 99.1. The summed E-state index contributed by atoms with van der Waals surface area (Å²) in [5.41, 5.74) is 22.5. The number of hydrogen-bond donors (Lipinski definition) is 5. The van der Waals surface area contributed by atoms with Crippen LogP contribution < -0.4 is 14.2 Å². The summed E-state index contributed by atoms with van der Waals surface area (Å²) >= 11 is 34.7. The predicted molar refractivity (Wildman–Crippen MR) is 561 cm³/mol. The summed E-state index contributed by atoms with van der Waals surface area (Å²) in [6, 6.07) is 71.5. The molecule has 11 aromatic carbocycles. The Morgan fingerprint density at radius 2 is 0.681 bits per heavy atom. The Labute approximate surface area is 859 Å². The van der Waals surface area contributed by atoms with Gasteiger partial charge in [-0.25, -0.2) is 32.8 Å². The Morgan fingerprint density at radius 1 is 0.376 bits per heavy atom. The minimum Gasteiger partial charge on any atom is -0.497 e. The van der Waals surface area contributed by atoms with Gasteiger partial charge in [-0.2, -0.15) is 0 Å². The van der Waals surface area contributed by atoms with Gasteiger partial charge in [-0.3, -0.25) is 24.5 Å². The lowest BCUT2D eigenvalue weighted by Gasteiger charge is -2.35. The average Bonchev–Trinajstić information content (AvgIpc) is 1.50. The molecule has 0 bridgehead atoms. The van der Waals surface area contributed by atoms with Gasteiger partial charge in [0.05, 0.1) is 39.9 Å². The number of amides is 5. The van der Waals surface area contributed by atoms with Crippen LogP contribution >= 0.6 is 94.2 Å². The van der Waals surface area contributed by atoms with Crippen molar-refractivity contribution in [1.29, 1.82) is 0 Å². The molecule has 10 heterocycles. The van der Waals surface area contributed by atoms with Crippen LogP contribution in [0.3, 0.4) is 0 Å². The van der Waals surface area contributed by atoms with Gasteiger partial charge in [0, 0.05) is 150 Å². The van der Waals surface area contributed by atoms with Crippen LogP contribution in [0.15, 0.2) is 244 Å². The molecule has 0 spiro atoms. The highest BCUT2D eigenvalue weighted by atomic mass is 79.9. The van der Waals surface area contributed by atoms with Crippen molar-refractivity contribution in [2.45, 2.75) is 110 Å². The van der Waals surface area contributed by atoms with Crippen molar-refractivity contribution in [1.82, 2.24) is 49.4 Å². The van der Waals surface area contributed by atoms with E-state index in [1.165, 1.54) is 66.6 Å². The van der Waals surface area contributed by atoms with E-state index >= 15 is 0 Å². The molecule has 5 N–H and O–H groups in total. The third-order valence-electron chi connectivity index (χ3n) is 26.2. The number of benzene rings is 11. The molecule has 141 heavy (non-hydrogen) atoms. The maximum Gasteiger partial charge on any atom is 0.416 e. The second-order valence-electron chi connectivity index (χ2n) is 34.9. The first-order valence-corrected chi connectivity index (χ1v) is 50.7. The number of halogens is 9. The van der Waals surface area contributed by atoms with E-state index in [0.717, 1.165) is 139 Å². The van der Waals surface area contributed by atoms with E-state index in [1.54, 1.807) is 54.4 Å². The van der Waals surface area contributed by atoms with E-state index in [1.807, 2.05) is 128 Å². The molecular weight excluding hydrogens is 2070 g/mol. The number of carbonyl (C=O) groups is 5. The number of alkyl halides is 1. The van der Waals surface area contributed by atoms with Crippen LogP contribution in [0.25, 0.3) is 54.5 Å². The maximum absolute atomic E-state index is 14.7. The fourth-order valence-corrected chi connectivity index (χ4v) is 21.2. The second kappa shape index (κ2) is 44.4. The number of aromatic amines is 5. The highest BCUT2D eigenvalue weighted by Gasteiger charge is 2.43. The molecular formula is C110H103Br3Cl4F2N10O12. The lowest BCUT2D eigenvalue weighted by molar-refractivity contribution is 0.0923. The summed E-state index contributed by atoms with van der Waals surface area (Å²) in [4.78, 5) is 89.9. The molecule has 5 atom stereocenters. The molecule has 728 valence electrons. The largest absolute Gasteiger partial charge is 0.497 e. The van der Waals surface area contributed by atoms with Gasteiger partial charge in [-0.05, 0) is 267 Å². The van der Waals surface area contributed by atoms with Gasteiger partial charge < -0.3 is 58.1 Å². The lowest BCUT2D eigenvalue weighted by Crippen LogP contribution is -2.42. The van der Waals surface area contributed by atoms with Gasteiger partial charge in [-0.15, -0.1) is 11.6 Å². The number of H-pyrrole nitrogens is 5. The Kier molecular flexibility index (Phi) is 31.5. The Morgan fingerprint density at radius 3 is 1.03 bits per heavy atom. The highest BCUT2D eigenvalue weighted by molar-refractivity contribution is 9.11. The van der Waals surface area contributed by atoms with Gasteiger partial charge in [0.1, 0.15) is 54.1 Å². The summed E-state index contributed by atoms with van der Waals surface area (Å²) in [5.74, 6) is 0.644. The second-order valence-corrected chi connectivity index (χ2v) is 39.3. The molecule has 5 aromatic heterocycles. The number of fused-ring (bicyclic) bond motifs is 15. The summed E-state index contributed by atoms with van der Waals surface area (Å²) in [6.07, 6.45) is 1.78. The number of rotatable bonds is 14. The smallest absolute Gasteiger partial charge is 0.416 e. The van der Waals surface area contributed by atoms with Crippen LogP contribution in [0.1, 0.15) is 166 Å². The van der Waals surface area contributed by atoms with Crippen LogP contribution in [0.4, 0.5) is 32.8 Å². The van der Waals surface area contributed by atoms with Crippen molar-refractivity contribution in [2.24, 2.45) is 0 Å². The fraction of sp³-hybridized carbons (Fsp3) is 0.264. The third kappa shape index (κ3) is 21.4. The minimum absolute atomic E-state index is 0.0322. The molecule has 5 amide bonds. The first-order valence-electron chi connectivity index (χ1n) is 46.7. The molecule has 0 radical (unpaired) electrons. The zero-order valence-electron chi connectivity index (χ0n) is 78.5. The van der Waals surface area contributed by atoms with Crippen molar-refractivity contribution in [3.05, 3.63) is 366 Å². The van der Waals surface area contributed by atoms with Crippen LogP contribution in [0, 0.1) is 18.6 Å². The monoisotopic (exact) mass is 2170 g/mol. The third-order valence-corrected chi connectivity index (χ3v) is 28.5. The first-order chi connectivity index (χ1) is 68.2. The van der Waals surface area contributed by atoms with Gasteiger partial charge in [0.15, 0.2) is 11.6 Å². The molecule has 0 saturated carbocycles. The van der Waals surface area contributed by atoms with E-state index < -0.39 is 29.9 Å². The number of methoxy groups -OCH3 is 2. The molecule has 5 aliphatic rings. The Balaban J connectivity index is 0.000000122. The molecule has 0 fully saturated rings. The normalized spacial score (nSPS) is 16.2. The lowest BCUT2D eigenvalue weighted by atomic mass is 9.91. The highest BCUT2D eigenvalue weighted by Crippen LogP contribution is 2.48.